The molecule has 0 spiro atoms. The predicted octanol–water partition coefficient (Wildman–Crippen LogP) is 0.302. The maximum atomic E-state index is 11.4. The highest BCUT2D eigenvalue weighted by atomic mass is 35.5. The first-order chi connectivity index (χ1) is 18.5. The Morgan fingerprint density at radius 3 is 2.49 bits per heavy atom. The standard InChI is InChI=1S/C27H36ClN6O4.ClH/c1-36-27(38-21-35,22-10-14-31-15-11-22)33-17-12-24(13-18-33)34(26(30)32-20-29)16-4-2-3-5-19-37-25-8-6-23(28)7-9-25;/h6-9,12-13,17-18,21-22,31H,2-5,10-11,14-16,19H2,1H3,(H2,30,32);1H/q+1;/p-1. The predicted molar refractivity (Wildman–Crippen MR) is 144 cm³/mol. The summed E-state index contributed by atoms with van der Waals surface area (Å²) in [5.41, 5.74) is 6.90. The van der Waals surface area contributed by atoms with Crippen molar-refractivity contribution in [1.82, 2.24) is 5.32 Å². The Kier molecular flexibility index (Phi) is 13.8. The number of pyridine rings is 1. The molecule has 3 N–H and O–H groups in total. The molecule has 1 fully saturated rings. The number of carbonyl (C=O) groups excluding carboxylic acids is 1. The Bertz CT molecular complexity index is 1080. The van der Waals surface area contributed by atoms with Crippen LogP contribution in [0, 0.1) is 17.4 Å². The van der Waals surface area contributed by atoms with E-state index < -0.39 is 5.91 Å². The van der Waals surface area contributed by atoms with Gasteiger partial charge in [0, 0.05) is 30.8 Å². The molecule has 0 saturated carbocycles. The lowest BCUT2D eigenvalue weighted by Gasteiger charge is -2.34. The number of nitriles is 1. The summed E-state index contributed by atoms with van der Waals surface area (Å²) in [6.07, 6.45) is 10.7. The maximum absolute atomic E-state index is 11.4. The van der Waals surface area contributed by atoms with Crippen molar-refractivity contribution >= 4 is 29.7 Å². The molecule has 1 aromatic carbocycles. The second kappa shape index (κ2) is 16.8. The number of methoxy groups -OCH3 is 1. The number of anilines is 1. The van der Waals surface area contributed by atoms with Gasteiger partial charge in [0.05, 0.1) is 18.2 Å². The van der Waals surface area contributed by atoms with Crippen LogP contribution in [0.25, 0.3) is 0 Å². The van der Waals surface area contributed by atoms with E-state index in [1.54, 1.807) is 28.1 Å². The third-order valence-electron chi connectivity index (χ3n) is 6.65. The van der Waals surface area contributed by atoms with Gasteiger partial charge in [0.1, 0.15) is 5.75 Å². The number of hydrogen-bond donors (Lipinski definition) is 2. The fraction of sp³-hybridized carbons (Fsp3) is 0.481. The van der Waals surface area contributed by atoms with E-state index in [1.165, 1.54) is 7.11 Å². The zero-order chi connectivity index (χ0) is 27.2. The number of rotatable bonds is 14. The number of nitrogens with one attached hydrogen (secondary N) is 1. The first-order valence-electron chi connectivity index (χ1n) is 12.8. The SMILES string of the molecule is COC(OC=O)(C1CCNCC1)[n+]1ccc(N(CCCCCCOc2ccc(Cl)cc2)C(N)=NC#N)cc1.[Cl-]. The molecule has 0 bridgehead atoms. The first kappa shape index (κ1) is 32.1. The van der Waals surface area contributed by atoms with Crippen LogP contribution in [-0.4, -0.2) is 45.8 Å². The monoisotopic (exact) mass is 578 g/mol. The topological polar surface area (TPSA) is 126 Å². The molecule has 12 heteroatoms. The van der Waals surface area contributed by atoms with Crippen LogP contribution in [0.5, 0.6) is 5.75 Å². The molecule has 2 heterocycles. The fourth-order valence-corrected chi connectivity index (χ4v) is 4.81. The van der Waals surface area contributed by atoms with Crippen molar-refractivity contribution in [2.24, 2.45) is 16.6 Å². The number of hydrogen-bond acceptors (Lipinski definition) is 7. The minimum absolute atomic E-state index is 0. The number of carbonyl (C=O) groups is 1. The van der Waals surface area contributed by atoms with Crippen molar-refractivity contribution in [3.05, 3.63) is 53.8 Å². The highest BCUT2D eigenvalue weighted by Gasteiger charge is 2.51. The van der Waals surface area contributed by atoms with Crippen LogP contribution in [0.2, 0.25) is 5.02 Å². The van der Waals surface area contributed by atoms with Gasteiger partial charge in [-0.3, -0.25) is 9.53 Å². The Labute approximate surface area is 241 Å². The third-order valence-corrected chi connectivity index (χ3v) is 6.90. The van der Waals surface area contributed by atoms with Gasteiger partial charge in [-0.1, -0.05) is 24.4 Å². The van der Waals surface area contributed by atoms with E-state index in [0.717, 1.165) is 63.1 Å². The summed E-state index contributed by atoms with van der Waals surface area (Å²) in [5, 5.41) is 13.1. The number of nitrogens with two attached hydrogens (primary N) is 1. The summed E-state index contributed by atoms with van der Waals surface area (Å²) in [6, 6.07) is 11.0. The molecule has 1 aliphatic heterocycles. The van der Waals surface area contributed by atoms with Crippen LogP contribution in [-0.2, 0) is 20.2 Å². The Hall–Kier alpha value is -3.10. The van der Waals surface area contributed by atoms with E-state index in [2.05, 4.69) is 10.3 Å². The number of unbranched alkanes of at least 4 members (excludes halogenated alkanes) is 3. The average Bonchev–Trinajstić information content (AvgIpc) is 2.95. The van der Waals surface area contributed by atoms with Gasteiger partial charge < -0.3 is 37.8 Å². The van der Waals surface area contributed by atoms with Crippen LogP contribution in [0.15, 0.2) is 53.8 Å². The van der Waals surface area contributed by atoms with Gasteiger partial charge in [0.2, 0.25) is 12.2 Å². The second-order valence-corrected chi connectivity index (χ2v) is 9.41. The number of guanidine groups is 1. The van der Waals surface area contributed by atoms with Crippen molar-refractivity contribution in [2.45, 2.75) is 44.4 Å². The second-order valence-electron chi connectivity index (χ2n) is 8.98. The number of nitrogens with zero attached hydrogens (tertiary/aromatic N) is 4. The van der Waals surface area contributed by atoms with Crippen LogP contribution >= 0.6 is 11.6 Å². The van der Waals surface area contributed by atoms with Gasteiger partial charge >= 0.3 is 5.91 Å². The molecule has 39 heavy (non-hydrogen) atoms. The van der Waals surface area contributed by atoms with Crippen LogP contribution in [0.3, 0.4) is 0 Å². The number of aliphatic imine (C=N–C) groups is 1. The molecule has 2 aromatic rings. The van der Waals surface area contributed by atoms with Gasteiger partial charge in [-0.25, -0.2) is 0 Å². The minimum Gasteiger partial charge on any atom is -1.00 e. The zero-order valence-electron chi connectivity index (χ0n) is 22.1. The molecule has 1 atom stereocenters. The van der Waals surface area contributed by atoms with Gasteiger partial charge in [0.15, 0.2) is 12.4 Å². The summed E-state index contributed by atoms with van der Waals surface area (Å²) < 4.78 is 18.8. The Morgan fingerprint density at radius 2 is 1.87 bits per heavy atom. The van der Waals surface area contributed by atoms with Crippen molar-refractivity contribution in [2.75, 3.05) is 38.3 Å². The van der Waals surface area contributed by atoms with Gasteiger partial charge in [0.25, 0.3) is 6.47 Å². The smallest absolute Gasteiger partial charge is 0.438 e. The molecule has 0 amide bonds. The van der Waals surface area contributed by atoms with Crippen molar-refractivity contribution in [3.8, 4) is 11.9 Å². The third kappa shape index (κ3) is 8.97. The molecule has 3 rings (SSSR count). The normalized spacial score (nSPS) is 15.4. The Morgan fingerprint density at radius 1 is 1.21 bits per heavy atom. The summed E-state index contributed by atoms with van der Waals surface area (Å²) in [4.78, 5) is 17.0. The minimum atomic E-state index is -1.24. The lowest BCUT2D eigenvalue weighted by Crippen LogP contribution is -3.00. The molecule has 1 aromatic heterocycles. The number of benzene rings is 1. The van der Waals surface area contributed by atoms with Crippen molar-refractivity contribution < 1.29 is 36.0 Å². The fourth-order valence-electron chi connectivity index (χ4n) is 4.68. The van der Waals surface area contributed by atoms with E-state index in [-0.39, 0.29) is 24.3 Å². The highest BCUT2D eigenvalue weighted by molar-refractivity contribution is 6.30. The number of piperidine rings is 1. The number of ether oxygens (including phenoxy) is 3. The van der Waals surface area contributed by atoms with E-state index in [9.17, 15) is 4.79 Å². The van der Waals surface area contributed by atoms with Gasteiger partial charge in [-0.15, -0.1) is 9.56 Å². The molecule has 1 aliphatic rings. The maximum Gasteiger partial charge on any atom is 0.438 e. The lowest BCUT2D eigenvalue weighted by atomic mass is 9.93. The van der Waals surface area contributed by atoms with Crippen LogP contribution in [0.1, 0.15) is 38.5 Å². The molecule has 1 saturated heterocycles. The molecule has 212 valence electrons. The van der Waals surface area contributed by atoms with Crippen LogP contribution < -0.4 is 37.7 Å². The number of halogens is 2. The van der Waals surface area contributed by atoms with E-state index in [4.69, 9.17) is 36.8 Å². The first-order valence-corrected chi connectivity index (χ1v) is 13.2. The van der Waals surface area contributed by atoms with Crippen molar-refractivity contribution in [3.63, 3.8) is 0 Å². The quantitative estimate of drug-likeness (QED) is 0.0623. The van der Waals surface area contributed by atoms with Crippen LogP contribution in [0.4, 0.5) is 5.69 Å². The Balaban J connectivity index is 0.00000533. The van der Waals surface area contributed by atoms with E-state index in [1.807, 2.05) is 36.4 Å². The zero-order valence-corrected chi connectivity index (χ0v) is 23.6. The molecule has 1 unspecified atom stereocenters. The lowest BCUT2D eigenvalue weighted by molar-refractivity contribution is -0.859. The molecule has 0 aliphatic carbocycles. The van der Waals surface area contributed by atoms with Gasteiger partial charge in [-0.05, 0) is 63.0 Å². The highest BCUT2D eigenvalue weighted by Crippen LogP contribution is 2.30. The largest absolute Gasteiger partial charge is 1.00 e. The van der Waals surface area contributed by atoms with Gasteiger partial charge in [-0.2, -0.15) is 5.26 Å². The van der Waals surface area contributed by atoms with Crippen molar-refractivity contribution in [1.29, 1.82) is 5.26 Å². The van der Waals surface area contributed by atoms with E-state index >= 15 is 0 Å². The average molecular weight is 580 g/mol. The van der Waals surface area contributed by atoms with E-state index in [0.29, 0.717) is 24.6 Å². The summed E-state index contributed by atoms with van der Waals surface area (Å²) in [6.45, 7) is 3.28. The number of aromatic nitrogens is 1. The molecule has 10 nitrogen and oxygen atoms in total. The summed E-state index contributed by atoms with van der Waals surface area (Å²) >= 11 is 5.90. The molecular weight excluding hydrogens is 543 g/mol. The molecule has 0 radical (unpaired) electrons. The summed E-state index contributed by atoms with van der Waals surface area (Å²) in [7, 11) is 1.54. The molecular formula is C27H36Cl2N6O4. The summed E-state index contributed by atoms with van der Waals surface area (Å²) in [5.74, 6) is -0.330.